The van der Waals surface area contributed by atoms with Gasteiger partial charge in [0.05, 0.1) is 0 Å². The normalized spacial score (nSPS) is 10.2. The molecule has 0 heterocycles. The highest BCUT2D eigenvalue weighted by molar-refractivity contribution is 9.10. The van der Waals surface area contributed by atoms with Crippen LogP contribution in [-0.2, 0) is 4.79 Å². The van der Waals surface area contributed by atoms with Crippen molar-refractivity contribution in [1.82, 2.24) is 5.32 Å². The van der Waals surface area contributed by atoms with Crippen LogP contribution in [-0.4, -0.2) is 18.4 Å². The summed E-state index contributed by atoms with van der Waals surface area (Å²) in [7, 11) is 0. The van der Waals surface area contributed by atoms with Gasteiger partial charge < -0.3 is 10.6 Å². The number of carbonyl (C=O) groups excluding carboxylic acids is 2. The lowest BCUT2D eigenvalue weighted by molar-refractivity contribution is -0.116. The molecule has 5 heteroatoms. The standard InChI is InChI=1S/C18H19BrN2O2/c1-13-12-15(19)9-10-16(13)21-17(22)8-5-11-20-18(23)14-6-3-2-4-7-14/h2-4,6-7,9-10,12H,5,8,11H2,1H3,(H,20,23)(H,21,22). The molecule has 2 aromatic rings. The number of anilines is 1. The molecule has 0 fully saturated rings. The summed E-state index contributed by atoms with van der Waals surface area (Å²) in [4.78, 5) is 23.8. The van der Waals surface area contributed by atoms with E-state index in [4.69, 9.17) is 0 Å². The Bertz CT molecular complexity index is 687. The van der Waals surface area contributed by atoms with Crippen LogP contribution in [0.2, 0.25) is 0 Å². The van der Waals surface area contributed by atoms with Crippen LogP contribution in [0, 0.1) is 6.92 Å². The lowest BCUT2D eigenvalue weighted by atomic mass is 10.2. The third kappa shape index (κ3) is 5.53. The average Bonchev–Trinajstić information content (AvgIpc) is 2.55. The van der Waals surface area contributed by atoms with Gasteiger partial charge in [0.1, 0.15) is 0 Å². The maximum Gasteiger partial charge on any atom is 0.251 e. The maximum absolute atomic E-state index is 11.9. The third-order valence-corrected chi connectivity index (χ3v) is 3.86. The van der Waals surface area contributed by atoms with Crippen molar-refractivity contribution in [2.75, 3.05) is 11.9 Å². The zero-order valence-electron chi connectivity index (χ0n) is 12.9. The van der Waals surface area contributed by atoms with E-state index in [1.54, 1.807) is 12.1 Å². The van der Waals surface area contributed by atoms with Gasteiger partial charge in [0, 0.05) is 28.7 Å². The molecule has 0 unspecified atom stereocenters. The first-order valence-corrected chi connectivity index (χ1v) is 8.25. The number of aryl methyl sites for hydroxylation is 1. The third-order valence-electron chi connectivity index (χ3n) is 3.36. The van der Waals surface area contributed by atoms with Gasteiger partial charge in [0.2, 0.25) is 5.91 Å². The number of benzene rings is 2. The second kappa shape index (κ2) is 8.48. The van der Waals surface area contributed by atoms with Crippen LogP contribution in [0.4, 0.5) is 5.69 Å². The minimum atomic E-state index is -0.116. The van der Waals surface area contributed by atoms with E-state index in [0.717, 1.165) is 15.7 Å². The number of amides is 2. The Kier molecular flexibility index (Phi) is 6.35. The van der Waals surface area contributed by atoms with Crippen LogP contribution in [0.1, 0.15) is 28.8 Å². The predicted octanol–water partition coefficient (Wildman–Crippen LogP) is 3.91. The van der Waals surface area contributed by atoms with Crippen molar-refractivity contribution in [2.45, 2.75) is 19.8 Å². The summed E-state index contributed by atoms with van der Waals surface area (Å²) in [6, 6.07) is 14.8. The maximum atomic E-state index is 11.9. The van der Waals surface area contributed by atoms with Gasteiger partial charge in [-0.3, -0.25) is 9.59 Å². The fourth-order valence-electron chi connectivity index (χ4n) is 2.12. The van der Waals surface area contributed by atoms with Crippen LogP contribution in [0.5, 0.6) is 0 Å². The minimum Gasteiger partial charge on any atom is -0.352 e. The fraction of sp³-hybridized carbons (Fsp3) is 0.222. The van der Waals surface area contributed by atoms with E-state index in [1.165, 1.54) is 0 Å². The molecule has 4 nitrogen and oxygen atoms in total. The molecule has 23 heavy (non-hydrogen) atoms. The first-order chi connectivity index (χ1) is 11.1. The molecule has 2 rings (SSSR count). The SMILES string of the molecule is Cc1cc(Br)ccc1NC(=O)CCCNC(=O)c1ccccc1. The van der Waals surface area contributed by atoms with E-state index in [1.807, 2.05) is 43.3 Å². The number of carbonyl (C=O) groups is 2. The lowest BCUT2D eigenvalue weighted by Gasteiger charge is -2.09. The monoisotopic (exact) mass is 374 g/mol. The van der Waals surface area contributed by atoms with Crippen LogP contribution >= 0.6 is 15.9 Å². The van der Waals surface area contributed by atoms with Crippen molar-refractivity contribution in [3.05, 3.63) is 64.1 Å². The Morgan fingerprint density at radius 3 is 2.52 bits per heavy atom. The molecular weight excluding hydrogens is 356 g/mol. The average molecular weight is 375 g/mol. The Morgan fingerprint density at radius 2 is 1.83 bits per heavy atom. The van der Waals surface area contributed by atoms with E-state index in [9.17, 15) is 9.59 Å². The quantitative estimate of drug-likeness (QED) is 0.753. The number of halogens is 1. The van der Waals surface area contributed by atoms with Gasteiger partial charge in [-0.15, -0.1) is 0 Å². The van der Waals surface area contributed by atoms with Gasteiger partial charge in [-0.1, -0.05) is 34.1 Å². The number of hydrogen-bond donors (Lipinski definition) is 2. The van der Waals surface area contributed by atoms with Gasteiger partial charge in [-0.25, -0.2) is 0 Å². The minimum absolute atomic E-state index is 0.0515. The number of rotatable bonds is 6. The first kappa shape index (κ1) is 17.2. The molecule has 2 amide bonds. The number of hydrogen-bond acceptors (Lipinski definition) is 2. The predicted molar refractivity (Wildman–Crippen MR) is 95.5 cm³/mol. The van der Waals surface area contributed by atoms with E-state index < -0.39 is 0 Å². The largest absolute Gasteiger partial charge is 0.352 e. The zero-order valence-corrected chi connectivity index (χ0v) is 14.5. The fourth-order valence-corrected chi connectivity index (χ4v) is 2.60. The van der Waals surface area contributed by atoms with Crippen molar-refractivity contribution >= 4 is 33.4 Å². The van der Waals surface area contributed by atoms with Crippen molar-refractivity contribution in [2.24, 2.45) is 0 Å². The van der Waals surface area contributed by atoms with Crippen molar-refractivity contribution in [3.63, 3.8) is 0 Å². The smallest absolute Gasteiger partial charge is 0.251 e. The van der Waals surface area contributed by atoms with Gasteiger partial charge in [0.15, 0.2) is 0 Å². The molecule has 0 radical (unpaired) electrons. The summed E-state index contributed by atoms with van der Waals surface area (Å²) >= 11 is 3.39. The van der Waals surface area contributed by atoms with Crippen molar-refractivity contribution < 1.29 is 9.59 Å². The Morgan fingerprint density at radius 1 is 1.09 bits per heavy atom. The molecule has 0 saturated heterocycles. The summed E-state index contributed by atoms with van der Waals surface area (Å²) in [5, 5.41) is 5.70. The second-order valence-corrected chi connectivity index (χ2v) is 6.15. The Labute approximate surface area is 144 Å². The summed E-state index contributed by atoms with van der Waals surface area (Å²) in [6.07, 6.45) is 0.963. The Hall–Kier alpha value is -2.14. The van der Waals surface area contributed by atoms with E-state index >= 15 is 0 Å². The van der Waals surface area contributed by atoms with Crippen LogP contribution in [0.15, 0.2) is 53.0 Å². The van der Waals surface area contributed by atoms with Crippen LogP contribution < -0.4 is 10.6 Å². The molecule has 0 aromatic heterocycles. The molecule has 120 valence electrons. The first-order valence-electron chi connectivity index (χ1n) is 7.45. The highest BCUT2D eigenvalue weighted by Gasteiger charge is 2.07. The molecule has 0 atom stereocenters. The molecule has 0 aliphatic carbocycles. The summed E-state index contributed by atoms with van der Waals surface area (Å²) in [5.41, 5.74) is 2.44. The van der Waals surface area contributed by atoms with Crippen molar-refractivity contribution in [1.29, 1.82) is 0 Å². The van der Waals surface area contributed by atoms with Gasteiger partial charge in [-0.05, 0) is 49.2 Å². The summed E-state index contributed by atoms with van der Waals surface area (Å²) < 4.78 is 0.983. The van der Waals surface area contributed by atoms with Crippen LogP contribution in [0.3, 0.4) is 0 Å². The van der Waals surface area contributed by atoms with Gasteiger partial charge in [-0.2, -0.15) is 0 Å². The highest BCUT2D eigenvalue weighted by atomic mass is 79.9. The second-order valence-electron chi connectivity index (χ2n) is 5.23. The van der Waals surface area contributed by atoms with E-state index in [2.05, 4.69) is 26.6 Å². The molecular formula is C18H19BrN2O2. The molecule has 0 aliphatic rings. The summed E-state index contributed by atoms with van der Waals surface area (Å²) in [5.74, 6) is -0.167. The number of nitrogens with one attached hydrogen (secondary N) is 2. The van der Waals surface area contributed by atoms with Crippen molar-refractivity contribution in [3.8, 4) is 0 Å². The molecule has 0 aliphatic heterocycles. The molecule has 0 bridgehead atoms. The molecule has 0 saturated carbocycles. The van der Waals surface area contributed by atoms with E-state index in [0.29, 0.717) is 24.9 Å². The lowest BCUT2D eigenvalue weighted by Crippen LogP contribution is -2.25. The Balaban J connectivity index is 1.72. The van der Waals surface area contributed by atoms with Gasteiger partial charge >= 0.3 is 0 Å². The topological polar surface area (TPSA) is 58.2 Å². The van der Waals surface area contributed by atoms with Gasteiger partial charge in [0.25, 0.3) is 5.91 Å². The summed E-state index contributed by atoms with van der Waals surface area (Å²) in [6.45, 7) is 2.42. The van der Waals surface area contributed by atoms with E-state index in [-0.39, 0.29) is 11.8 Å². The molecule has 0 spiro atoms. The molecule has 2 aromatic carbocycles. The molecule has 2 N–H and O–H groups in total. The van der Waals surface area contributed by atoms with Crippen LogP contribution in [0.25, 0.3) is 0 Å². The highest BCUT2D eigenvalue weighted by Crippen LogP contribution is 2.20. The zero-order chi connectivity index (χ0) is 16.7.